The number of halogens is 1. The highest BCUT2D eigenvalue weighted by atomic mass is 35.5. The van der Waals surface area contributed by atoms with E-state index in [1.165, 1.54) is 37.7 Å². The number of carbonyl (C=O) groups excluding carboxylic acids is 1. The minimum atomic E-state index is -0.135. The fraction of sp³-hybridized carbons (Fsp3) is 0.700. The number of rotatable bonds is 7. The average molecular weight is 539 g/mol. The van der Waals surface area contributed by atoms with Crippen LogP contribution in [-0.2, 0) is 17.8 Å². The lowest BCUT2D eigenvalue weighted by molar-refractivity contribution is -0.146. The zero-order valence-electron chi connectivity index (χ0n) is 22.6. The Morgan fingerprint density at radius 2 is 1.68 bits per heavy atom. The Bertz CT molecular complexity index is 1050. The molecule has 3 aliphatic heterocycles. The summed E-state index contributed by atoms with van der Waals surface area (Å²) in [6.45, 7) is 2.73. The van der Waals surface area contributed by atoms with E-state index in [2.05, 4.69) is 36.7 Å². The third kappa shape index (κ3) is 5.39. The maximum absolute atomic E-state index is 14.5. The minimum absolute atomic E-state index is 0.135. The molecule has 206 valence electrons. The van der Waals surface area contributed by atoms with Gasteiger partial charge in [0.1, 0.15) is 12.7 Å². The number of hydrogen-bond donors (Lipinski definition) is 1. The predicted molar refractivity (Wildman–Crippen MR) is 150 cm³/mol. The van der Waals surface area contributed by atoms with Crippen molar-refractivity contribution >= 4 is 17.5 Å². The Balaban J connectivity index is 1.25. The van der Waals surface area contributed by atoms with Gasteiger partial charge >= 0.3 is 0 Å². The standard InChI is InChI=1S/C30H43ClN6O/c31-24-8-6-22(7-9-24)16-28(35-14-12-25(32)13-15-35)29(38)37-26-10-11-27(37)18-30(17-26,19-36-21-33-20-34-36)23-4-2-1-3-5-23/h6-9,20-21,23,25-28H,1-5,10-19,32H2/t26?,27?,28-,30?/m1/s1. The molecule has 4 fully saturated rings. The highest BCUT2D eigenvalue weighted by Crippen LogP contribution is 2.54. The zero-order chi connectivity index (χ0) is 26.1. The number of benzene rings is 1. The molecule has 2 N–H and O–H groups in total. The van der Waals surface area contributed by atoms with E-state index >= 15 is 0 Å². The van der Waals surface area contributed by atoms with Crippen molar-refractivity contribution in [2.24, 2.45) is 17.1 Å². The molecule has 4 heterocycles. The molecule has 6 rings (SSSR count). The van der Waals surface area contributed by atoms with Gasteiger partial charge in [-0.05, 0) is 86.8 Å². The number of carbonyl (C=O) groups is 1. The summed E-state index contributed by atoms with van der Waals surface area (Å²) in [7, 11) is 0. The third-order valence-corrected chi connectivity index (χ3v) is 10.5. The van der Waals surface area contributed by atoms with Crippen LogP contribution in [-0.4, -0.2) is 67.7 Å². The van der Waals surface area contributed by atoms with Crippen molar-refractivity contribution in [1.82, 2.24) is 24.6 Å². The third-order valence-electron chi connectivity index (χ3n) is 10.2. The molecule has 2 aromatic rings. The highest BCUT2D eigenvalue weighted by molar-refractivity contribution is 6.30. The summed E-state index contributed by atoms with van der Waals surface area (Å²) in [5.41, 5.74) is 7.63. The van der Waals surface area contributed by atoms with Crippen LogP contribution in [0.3, 0.4) is 0 Å². The number of hydrogen-bond acceptors (Lipinski definition) is 5. The van der Waals surface area contributed by atoms with Crippen molar-refractivity contribution in [1.29, 1.82) is 0 Å². The van der Waals surface area contributed by atoms with E-state index in [-0.39, 0.29) is 17.5 Å². The maximum Gasteiger partial charge on any atom is 0.240 e. The molecule has 1 aliphatic carbocycles. The molecule has 2 unspecified atom stereocenters. The number of nitrogens with two attached hydrogens (primary N) is 1. The number of fused-ring (bicyclic) bond motifs is 2. The molecule has 8 heteroatoms. The molecule has 0 spiro atoms. The Labute approximate surface area is 232 Å². The van der Waals surface area contributed by atoms with Gasteiger partial charge in [0.15, 0.2) is 0 Å². The monoisotopic (exact) mass is 538 g/mol. The van der Waals surface area contributed by atoms with E-state index in [1.54, 1.807) is 6.33 Å². The molecule has 3 saturated heterocycles. The summed E-state index contributed by atoms with van der Waals surface area (Å²) in [5, 5.41) is 5.26. The van der Waals surface area contributed by atoms with Gasteiger partial charge in [0.25, 0.3) is 0 Å². The Morgan fingerprint density at radius 1 is 1.00 bits per heavy atom. The highest BCUT2D eigenvalue weighted by Gasteiger charge is 2.54. The maximum atomic E-state index is 14.5. The SMILES string of the molecule is NC1CCN([C@H](Cc2ccc(Cl)cc2)C(=O)N2C3CCC2CC(Cn2cncn2)(C2CCCCC2)C3)CC1. The smallest absolute Gasteiger partial charge is 0.240 e. The molecule has 1 amide bonds. The molecule has 3 atom stereocenters. The summed E-state index contributed by atoms with van der Waals surface area (Å²) in [5.74, 6) is 1.05. The lowest BCUT2D eigenvalue weighted by atomic mass is 9.62. The molecule has 0 radical (unpaired) electrons. The van der Waals surface area contributed by atoms with Crippen LogP contribution in [0.4, 0.5) is 0 Å². The van der Waals surface area contributed by atoms with Crippen molar-refractivity contribution in [2.75, 3.05) is 13.1 Å². The van der Waals surface area contributed by atoms with E-state index < -0.39 is 0 Å². The van der Waals surface area contributed by atoms with Crippen LogP contribution in [0.25, 0.3) is 0 Å². The van der Waals surface area contributed by atoms with Gasteiger partial charge < -0.3 is 10.6 Å². The molecule has 1 saturated carbocycles. The molecule has 2 bridgehead atoms. The molecular formula is C30H43ClN6O. The Kier molecular flexibility index (Phi) is 7.79. The second kappa shape index (κ2) is 11.3. The molecule has 4 aliphatic rings. The van der Waals surface area contributed by atoms with Crippen molar-refractivity contribution in [3.63, 3.8) is 0 Å². The summed E-state index contributed by atoms with van der Waals surface area (Å²) in [4.78, 5) is 23.5. The quantitative estimate of drug-likeness (QED) is 0.553. The van der Waals surface area contributed by atoms with Crippen molar-refractivity contribution in [3.05, 3.63) is 47.5 Å². The molecule has 1 aromatic carbocycles. The van der Waals surface area contributed by atoms with E-state index in [4.69, 9.17) is 17.3 Å². The first-order chi connectivity index (χ1) is 18.5. The Hall–Kier alpha value is -1.96. The second-order valence-corrected chi connectivity index (χ2v) is 13.0. The normalized spacial score (nSPS) is 30.0. The number of nitrogens with zero attached hydrogens (tertiary/aromatic N) is 5. The number of aromatic nitrogens is 3. The van der Waals surface area contributed by atoms with E-state index in [9.17, 15) is 4.79 Å². The summed E-state index contributed by atoms with van der Waals surface area (Å²) in [6.07, 6.45) is 17.3. The topological polar surface area (TPSA) is 80.3 Å². The molecular weight excluding hydrogens is 496 g/mol. The molecule has 7 nitrogen and oxygen atoms in total. The lowest BCUT2D eigenvalue weighted by Crippen LogP contribution is -2.60. The summed E-state index contributed by atoms with van der Waals surface area (Å²) >= 11 is 6.18. The number of piperidine rings is 2. The average Bonchev–Trinajstić information content (AvgIpc) is 3.54. The second-order valence-electron chi connectivity index (χ2n) is 12.5. The predicted octanol–water partition coefficient (Wildman–Crippen LogP) is 4.69. The first kappa shape index (κ1) is 26.3. The van der Waals surface area contributed by atoms with Crippen LogP contribution in [0.15, 0.2) is 36.9 Å². The van der Waals surface area contributed by atoms with Gasteiger partial charge in [-0.15, -0.1) is 0 Å². The van der Waals surface area contributed by atoms with Crippen LogP contribution in [0.5, 0.6) is 0 Å². The molecule has 38 heavy (non-hydrogen) atoms. The van der Waals surface area contributed by atoms with Crippen LogP contribution >= 0.6 is 11.6 Å². The van der Waals surface area contributed by atoms with Crippen molar-refractivity contribution < 1.29 is 4.79 Å². The van der Waals surface area contributed by atoms with Gasteiger partial charge in [-0.3, -0.25) is 14.4 Å². The van der Waals surface area contributed by atoms with Crippen LogP contribution < -0.4 is 5.73 Å². The number of amides is 1. The van der Waals surface area contributed by atoms with Crippen LogP contribution in [0.2, 0.25) is 5.02 Å². The fourth-order valence-corrected chi connectivity index (χ4v) is 8.43. The van der Waals surface area contributed by atoms with E-state index in [0.29, 0.717) is 23.9 Å². The summed E-state index contributed by atoms with van der Waals surface area (Å²) in [6, 6.07) is 8.80. The van der Waals surface area contributed by atoms with Gasteiger partial charge in [0, 0.05) is 42.8 Å². The van der Waals surface area contributed by atoms with Gasteiger partial charge in [-0.25, -0.2) is 4.98 Å². The van der Waals surface area contributed by atoms with Crippen molar-refractivity contribution in [3.8, 4) is 0 Å². The van der Waals surface area contributed by atoms with E-state index in [1.807, 2.05) is 18.5 Å². The van der Waals surface area contributed by atoms with Gasteiger partial charge in [0.05, 0.1) is 6.04 Å². The van der Waals surface area contributed by atoms with Crippen molar-refractivity contribution in [2.45, 2.75) is 108 Å². The molecule has 1 aromatic heterocycles. The Morgan fingerprint density at radius 3 is 2.32 bits per heavy atom. The van der Waals surface area contributed by atoms with Gasteiger partial charge in [0.2, 0.25) is 5.91 Å². The first-order valence-electron chi connectivity index (χ1n) is 14.9. The van der Waals surface area contributed by atoms with E-state index in [0.717, 1.165) is 69.6 Å². The fourth-order valence-electron chi connectivity index (χ4n) is 8.31. The number of likely N-dealkylation sites (tertiary alicyclic amines) is 1. The van der Waals surface area contributed by atoms with Gasteiger partial charge in [-0.1, -0.05) is 43.0 Å². The van der Waals surface area contributed by atoms with Crippen LogP contribution in [0, 0.1) is 11.3 Å². The largest absolute Gasteiger partial charge is 0.335 e. The summed E-state index contributed by atoms with van der Waals surface area (Å²) < 4.78 is 2.06. The van der Waals surface area contributed by atoms with Crippen LogP contribution in [0.1, 0.15) is 76.2 Å². The first-order valence-corrected chi connectivity index (χ1v) is 15.3. The van der Waals surface area contributed by atoms with Gasteiger partial charge in [-0.2, -0.15) is 5.10 Å². The lowest BCUT2D eigenvalue weighted by Gasteiger charge is -2.52. The zero-order valence-corrected chi connectivity index (χ0v) is 23.3. The minimum Gasteiger partial charge on any atom is -0.335 e.